The van der Waals surface area contributed by atoms with E-state index in [9.17, 15) is 4.79 Å². The molecule has 10 nitrogen and oxygen atoms in total. The van der Waals surface area contributed by atoms with Gasteiger partial charge in [0.15, 0.2) is 28.8 Å². The van der Waals surface area contributed by atoms with Crippen molar-refractivity contribution in [3.05, 3.63) is 53.2 Å². The molecule has 34 heavy (non-hydrogen) atoms. The Hall–Kier alpha value is -4.21. The number of nitrogens with zero attached hydrogens (tertiary/aromatic N) is 3. The van der Waals surface area contributed by atoms with Crippen LogP contribution >= 0.6 is 0 Å². The minimum atomic E-state index is -0.611. The van der Waals surface area contributed by atoms with Gasteiger partial charge in [0.25, 0.3) is 0 Å². The Labute approximate surface area is 197 Å². The van der Waals surface area contributed by atoms with Crippen molar-refractivity contribution in [2.24, 2.45) is 5.73 Å². The number of fused-ring (bicyclic) bond motifs is 1. The van der Waals surface area contributed by atoms with Gasteiger partial charge in [0, 0.05) is 11.3 Å². The first-order valence-electron chi connectivity index (χ1n) is 10.7. The quantitative estimate of drug-likeness (QED) is 0.520. The van der Waals surface area contributed by atoms with Crippen molar-refractivity contribution in [3.8, 4) is 34.4 Å². The van der Waals surface area contributed by atoms with Crippen LogP contribution in [0.2, 0.25) is 0 Å². The fourth-order valence-corrected chi connectivity index (χ4v) is 4.00. The number of benzene rings is 2. The molecule has 1 aromatic heterocycles. The molecule has 1 aliphatic rings. The van der Waals surface area contributed by atoms with E-state index in [0.29, 0.717) is 52.6 Å². The van der Waals surface area contributed by atoms with Gasteiger partial charge in [-0.2, -0.15) is 4.98 Å². The standard InChI is InChI=1S/C24H27N5O5/c1-6-34-17-10-7-14(11-19(17)33-5)21-20(22(25)30)13(2)26-24-27-23(28-29(21)24)15-8-9-16(31-3)18(12-15)32-4/h7-12,21H,6H2,1-5H3,(H2,25,30)(H,26,27,28)/t21-/m0/s1. The van der Waals surface area contributed by atoms with E-state index in [1.807, 2.05) is 25.1 Å². The van der Waals surface area contributed by atoms with E-state index >= 15 is 0 Å². The van der Waals surface area contributed by atoms with Crippen LogP contribution in [0.4, 0.5) is 5.95 Å². The largest absolute Gasteiger partial charge is 0.493 e. The number of nitrogens with one attached hydrogen (secondary N) is 1. The molecule has 2 aromatic carbocycles. The number of aromatic nitrogens is 3. The van der Waals surface area contributed by atoms with Gasteiger partial charge in [-0.15, -0.1) is 5.10 Å². The number of nitrogens with two attached hydrogens (primary N) is 1. The lowest BCUT2D eigenvalue weighted by Crippen LogP contribution is -2.31. The zero-order valence-electron chi connectivity index (χ0n) is 19.7. The molecule has 0 saturated carbocycles. The van der Waals surface area contributed by atoms with Gasteiger partial charge < -0.3 is 30.0 Å². The minimum Gasteiger partial charge on any atom is -0.493 e. The maximum Gasteiger partial charge on any atom is 0.248 e. The van der Waals surface area contributed by atoms with Gasteiger partial charge in [-0.1, -0.05) is 6.07 Å². The molecule has 1 atom stereocenters. The van der Waals surface area contributed by atoms with Gasteiger partial charge in [-0.05, 0) is 49.7 Å². The molecule has 0 fully saturated rings. The zero-order chi connectivity index (χ0) is 24.4. The molecule has 1 aliphatic heterocycles. The van der Waals surface area contributed by atoms with Crippen LogP contribution < -0.4 is 30.0 Å². The van der Waals surface area contributed by atoms with Gasteiger partial charge in [-0.3, -0.25) is 4.79 Å². The summed E-state index contributed by atoms with van der Waals surface area (Å²) < 4.78 is 23.5. The number of carbonyl (C=O) groups is 1. The summed E-state index contributed by atoms with van der Waals surface area (Å²) in [7, 11) is 4.71. The summed E-state index contributed by atoms with van der Waals surface area (Å²) in [5, 5.41) is 7.87. The molecule has 2 heterocycles. The van der Waals surface area contributed by atoms with E-state index < -0.39 is 11.9 Å². The highest BCUT2D eigenvalue weighted by atomic mass is 16.5. The van der Waals surface area contributed by atoms with Crippen molar-refractivity contribution in [3.63, 3.8) is 0 Å². The Kier molecular flexibility index (Phi) is 6.31. The first-order valence-corrected chi connectivity index (χ1v) is 10.7. The van der Waals surface area contributed by atoms with Crippen LogP contribution in [0, 0.1) is 0 Å². The predicted molar refractivity (Wildman–Crippen MR) is 126 cm³/mol. The van der Waals surface area contributed by atoms with Crippen LogP contribution in [0.5, 0.6) is 23.0 Å². The van der Waals surface area contributed by atoms with Crippen LogP contribution in [0.3, 0.4) is 0 Å². The lowest BCUT2D eigenvalue weighted by atomic mass is 9.95. The average molecular weight is 466 g/mol. The molecule has 0 radical (unpaired) electrons. The first kappa shape index (κ1) is 23.0. The Balaban J connectivity index is 1.85. The Bertz CT molecular complexity index is 1270. The fourth-order valence-electron chi connectivity index (χ4n) is 4.00. The molecular weight excluding hydrogens is 438 g/mol. The number of methoxy groups -OCH3 is 3. The number of anilines is 1. The molecule has 0 bridgehead atoms. The highest BCUT2D eigenvalue weighted by Gasteiger charge is 2.34. The van der Waals surface area contributed by atoms with Crippen molar-refractivity contribution in [1.82, 2.24) is 14.8 Å². The predicted octanol–water partition coefficient (Wildman–Crippen LogP) is 3.14. The second-order valence-electron chi connectivity index (χ2n) is 7.55. The number of hydrogen-bond acceptors (Lipinski definition) is 8. The topological polar surface area (TPSA) is 123 Å². The monoisotopic (exact) mass is 465 g/mol. The van der Waals surface area contributed by atoms with Crippen molar-refractivity contribution < 1.29 is 23.7 Å². The van der Waals surface area contributed by atoms with Crippen molar-refractivity contribution in [1.29, 1.82) is 0 Å². The Morgan fingerprint density at radius 1 is 1.03 bits per heavy atom. The Morgan fingerprint density at radius 3 is 2.35 bits per heavy atom. The molecule has 0 saturated heterocycles. The minimum absolute atomic E-state index is 0.377. The van der Waals surface area contributed by atoms with Gasteiger partial charge in [0.2, 0.25) is 11.9 Å². The maximum absolute atomic E-state index is 12.5. The summed E-state index contributed by atoms with van der Waals surface area (Å²) in [6.45, 7) is 4.18. The number of hydrogen-bond donors (Lipinski definition) is 2. The van der Waals surface area contributed by atoms with Crippen molar-refractivity contribution in [2.45, 2.75) is 19.9 Å². The molecule has 10 heteroatoms. The number of amides is 1. The van der Waals surface area contributed by atoms with Crippen molar-refractivity contribution in [2.75, 3.05) is 33.3 Å². The second kappa shape index (κ2) is 9.34. The number of allylic oxidation sites excluding steroid dienone is 1. The van der Waals surface area contributed by atoms with Crippen molar-refractivity contribution >= 4 is 11.9 Å². The molecule has 3 N–H and O–H groups in total. The van der Waals surface area contributed by atoms with Crippen LogP contribution in [0.1, 0.15) is 25.5 Å². The van der Waals surface area contributed by atoms with E-state index in [2.05, 4.69) is 10.3 Å². The van der Waals surface area contributed by atoms with Gasteiger partial charge in [0.05, 0.1) is 33.5 Å². The van der Waals surface area contributed by atoms with E-state index in [0.717, 1.165) is 11.1 Å². The molecule has 4 rings (SSSR count). The maximum atomic E-state index is 12.5. The molecular formula is C24H27N5O5. The third kappa shape index (κ3) is 3.98. The van der Waals surface area contributed by atoms with E-state index in [1.54, 1.807) is 51.1 Å². The molecule has 0 unspecified atom stereocenters. The van der Waals surface area contributed by atoms with Crippen LogP contribution in [0.15, 0.2) is 47.7 Å². The summed E-state index contributed by atoms with van der Waals surface area (Å²) >= 11 is 0. The third-order valence-electron chi connectivity index (χ3n) is 5.56. The van der Waals surface area contributed by atoms with E-state index in [4.69, 9.17) is 29.8 Å². The number of primary amides is 1. The number of carbonyl (C=O) groups excluding carboxylic acids is 1. The van der Waals surface area contributed by atoms with Gasteiger partial charge in [0.1, 0.15) is 6.04 Å². The van der Waals surface area contributed by atoms with Gasteiger partial charge in [-0.25, -0.2) is 4.68 Å². The molecule has 178 valence electrons. The summed E-state index contributed by atoms with van der Waals surface area (Å²) in [5.74, 6) is 2.67. The summed E-state index contributed by atoms with van der Waals surface area (Å²) in [5.41, 5.74) is 8.25. The lowest BCUT2D eigenvalue weighted by Gasteiger charge is -2.28. The van der Waals surface area contributed by atoms with Crippen LogP contribution in [-0.2, 0) is 4.79 Å². The fraction of sp³-hybridized carbons (Fsp3) is 0.292. The number of ether oxygens (including phenoxy) is 4. The SMILES string of the molecule is CCOc1ccc([C@H]2C(C(N)=O)=C(C)Nc3nc(-c4ccc(OC)c(OC)c4)nn32)cc1OC. The lowest BCUT2D eigenvalue weighted by molar-refractivity contribution is -0.115. The summed E-state index contributed by atoms with van der Waals surface area (Å²) in [6, 6.07) is 10.3. The average Bonchev–Trinajstić information content (AvgIpc) is 3.26. The zero-order valence-corrected chi connectivity index (χ0v) is 19.7. The van der Waals surface area contributed by atoms with Crippen LogP contribution in [-0.4, -0.2) is 48.6 Å². The first-order chi connectivity index (χ1) is 16.4. The second-order valence-corrected chi connectivity index (χ2v) is 7.55. The van der Waals surface area contributed by atoms with Crippen LogP contribution in [0.25, 0.3) is 11.4 Å². The molecule has 1 amide bonds. The van der Waals surface area contributed by atoms with Gasteiger partial charge >= 0.3 is 0 Å². The highest BCUT2D eigenvalue weighted by molar-refractivity contribution is 5.95. The smallest absolute Gasteiger partial charge is 0.248 e. The summed E-state index contributed by atoms with van der Waals surface area (Å²) in [6.07, 6.45) is 0. The van der Waals surface area contributed by atoms with E-state index in [1.165, 1.54) is 0 Å². The van der Waals surface area contributed by atoms with E-state index in [-0.39, 0.29) is 0 Å². The summed E-state index contributed by atoms with van der Waals surface area (Å²) in [4.78, 5) is 17.2. The number of rotatable bonds is 8. The highest BCUT2D eigenvalue weighted by Crippen LogP contribution is 2.40. The third-order valence-corrected chi connectivity index (χ3v) is 5.56. The molecule has 0 aliphatic carbocycles. The Morgan fingerprint density at radius 2 is 1.71 bits per heavy atom. The molecule has 0 spiro atoms. The normalized spacial score (nSPS) is 14.8. The molecule has 3 aromatic rings.